The third-order valence-electron chi connectivity index (χ3n) is 4.81. The quantitative estimate of drug-likeness (QED) is 0.320. The van der Waals surface area contributed by atoms with E-state index in [1.165, 1.54) is 6.42 Å². The summed E-state index contributed by atoms with van der Waals surface area (Å²) in [6.07, 6.45) is 5.15. The van der Waals surface area contributed by atoms with Crippen LogP contribution >= 0.6 is 0 Å². The zero-order chi connectivity index (χ0) is 15.9. The third-order valence-corrected chi connectivity index (χ3v) is 4.81. The van der Waals surface area contributed by atoms with E-state index in [-0.39, 0.29) is 17.7 Å². The molecule has 2 rings (SSSR count). The summed E-state index contributed by atoms with van der Waals surface area (Å²) in [6.45, 7) is 1.16. The minimum Gasteiger partial charge on any atom is -0.381 e. The molecular formula is C15H27N3O4. The van der Waals surface area contributed by atoms with Crippen molar-refractivity contribution in [2.24, 2.45) is 17.7 Å². The Labute approximate surface area is 130 Å². The average molecular weight is 313 g/mol. The number of ether oxygens (including phenoxy) is 1. The molecule has 7 nitrogen and oxygen atoms in total. The highest BCUT2D eigenvalue weighted by Gasteiger charge is 2.36. The monoisotopic (exact) mass is 313 g/mol. The van der Waals surface area contributed by atoms with Crippen LogP contribution in [0.3, 0.4) is 0 Å². The lowest BCUT2D eigenvalue weighted by Crippen LogP contribution is -2.57. The summed E-state index contributed by atoms with van der Waals surface area (Å²) < 4.78 is 5.32. The van der Waals surface area contributed by atoms with Gasteiger partial charge in [-0.05, 0) is 31.6 Å². The first-order valence-corrected chi connectivity index (χ1v) is 8.20. The van der Waals surface area contributed by atoms with E-state index in [1.807, 2.05) is 5.43 Å². The summed E-state index contributed by atoms with van der Waals surface area (Å²) in [4.78, 5) is 24.1. The molecule has 2 fully saturated rings. The van der Waals surface area contributed by atoms with Gasteiger partial charge in [0.15, 0.2) is 6.10 Å². The van der Waals surface area contributed by atoms with Gasteiger partial charge < -0.3 is 15.2 Å². The molecular weight excluding hydrogens is 286 g/mol. The van der Waals surface area contributed by atoms with E-state index in [0.717, 1.165) is 25.7 Å². The number of nitrogens with one attached hydrogen (secondary N) is 2. The Hall–Kier alpha value is -1.18. The number of amides is 2. The maximum absolute atomic E-state index is 12.5. The molecule has 2 atom stereocenters. The molecule has 1 aliphatic carbocycles. The zero-order valence-corrected chi connectivity index (χ0v) is 12.9. The Kier molecular flexibility index (Phi) is 6.60. The van der Waals surface area contributed by atoms with E-state index in [1.54, 1.807) is 0 Å². The number of nitrogens with two attached hydrogens (primary N) is 1. The van der Waals surface area contributed by atoms with Crippen molar-refractivity contribution in [3.63, 3.8) is 0 Å². The van der Waals surface area contributed by atoms with Gasteiger partial charge in [0, 0.05) is 19.1 Å². The van der Waals surface area contributed by atoms with Crippen LogP contribution in [-0.4, -0.2) is 42.3 Å². The van der Waals surface area contributed by atoms with Crippen LogP contribution in [0.2, 0.25) is 0 Å². The first-order valence-electron chi connectivity index (χ1n) is 8.20. The summed E-state index contributed by atoms with van der Waals surface area (Å²) in [5, 5.41) is 13.1. The largest absolute Gasteiger partial charge is 0.381 e. The second-order valence-corrected chi connectivity index (χ2v) is 6.27. The van der Waals surface area contributed by atoms with Gasteiger partial charge in [0.05, 0.1) is 6.04 Å². The minimum atomic E-state index is -1.33. The van der Waals surface area contributed by atoms with Gasteiger partial charge in [-0.25, -0.2) is 5.84 Å². The fraction of sp³-hybridized carbons (Fsp3) is 0.867. The van der Waals surface area contributed by atoms with Crippen molar-refractivity contribution in [2.75, 3.05) is 13.2 Å². The molecule has 0 spiro atoms. The lowest BCUT2D eigenvalue weighted by Gasteiger charge is -2.34. The van der Waals surface area contributed by atoms with Crippen LogP contribution in [0.15, 0.2) is 0 Å². The second-order valence-electron chi connectivity index (χ2n) is 6.27. The molecule has 7 heteroatoms. The third kappa shape index (κ3) is 4.41. The Morgan fingerprint density at radius 1 is 1.09 bits per heavy atom. The predicted octanol–water partition coefficient (Wildman–Crippen LogP) is -0.171. The van der Waals surface area contributed by atoms with E-state index in [2.05, 4.69) is 5.32 Å². The van der Waals surface area contributed by atoms with Crippen molar-refractivity contribution in [3.8, 4) is 0 Å². The van der Waals surface area contributed by atoms with Crippen LogP contribution in [0.4, 0.5) is 0 Å². The molecule has 0 aromatic rings. The highest BCUT2D eigenvalue weighted by molar-refractivity contribution is 5.83. The molecule has 2 unspecified atom stereocenters. The van der Waals surface area contributed by atoms with Crippen molar-refractivity contribution >= 4 is 11.8 Å². The number of hydrogen-bond acceptors (Lipinski definition) is 5. The van der Waals surface area contributed by atoms with Crippen molar-refractivity contribution in [3.05, 3.63) is 0 Å². The normalized spacial score (nSPS) is 23.5. The summed E-state index contributed by atoms with van der Waals surface area (Å²) in [7, 11) is 0. The molecule has 0 bridgehead atoms. The Bertz CT molecular complexity index is 379. The average Bonchev–Trinajstić information content (AvgIpc) is 2.59. The number of hydrogen-bond donors (Lipinski definition) is 4. The van der Waals surface area contributed by atoms with E-state index in [0.29, 0.717) is 26.1 Å². The van der Waals surface area contributed by atoms with Gasteiger partial charge in [0.25, 0.3) is 5.91 Å². The molecule has 22 heavy (non-hydrogen) atoms. The zero-order valence-electron chi connectivity index (χ0n) is 12.9. The topological polar surface area (TPSA) is 114 Å². The second kappa shape index (κ2) is 8.45. The van der Waals surface area contributed by atoms with Crippen molar-refractivity contribution in [2.45, 2.75) is 57.1 Å². The first-order chi connectivity index (χ1) is 10.6. The molecule has 126 valence electrons. The van der Waals surface area contributed by atoms with Gasteiger partial charge in [-0.15, -0.1) is 0 Å². The lowest BCUT2D eigenvalue weighted by atomic mass is 9.85. The fourth-order valence-corrected chi connectivity index (χ4v) is 3.42. The van der Waals surface area contributed by atoms with Crippen LogP contribution in [0, 0.1) is 11.8 Å². The maximum atomic E-state index is 12.5. The van der Waals surface area contributed by atoms with E-state index in [9.17, 15) is 14.7 Å². The molecule has 2 amide bonds. The molecule has 0 aromatic heterocycles. The number of rotatable bonds is 5. The lowest BCUT2D eigenvalue weighted by molar-refractivity contribution is -0.135. The van der Waals surface area contributed by atoms with E-state index >= 15 is 0 Å². The highest BCUT2D eigenvalue weighted by atomic mass is 16.5. The molecule has 5 N–H and O–H groups in total. The van der Waals surface area contributed by atoms with Crippen molar-refractivity contribution in [1.82, 2.24) is 10.7 Å². The highest BCUT2D eigenvalue weighted by Crippen LogP contribution is 2.26. The molecule has 1 heterocycles. The SMILES string of the molecule is NNC(=O)C(O)C(NC(=O)C1CCCCC1)C1CCOCC1. The van der Waals surface area contributed by atoms with E-state index < -0.39 is 18.1 Å². The predicted molar refractivity (Wildman–Crippen MR) is 80.4 cm³/mol. The Morgan fingerprint density at radius 3 is 2.32 bits per heavy atom. The number of aliphatic hydroxyl groups is 1. The molecule has 0 aromatic carbocycles. The number of aliphatic hydroxyl groups excluding tert-OH is 1. The summed E-state index contributed by atoms with van der Waals surface area (Å²) in [5.74, 6) is 4.41. The summed E-state index contributed by atoms with van der Waals surface area (Å²) in [5.41, 5.74) is 1.97. The first kappa shape index (κ1) is 17.2. The summed E-state index contributed by atoms with van der Waals surface area (Å²) >= 11 is 0. The van der Waals surface area contributed by atoms with Crippen LogP contribution < -0.4 is 16.6 Å². The molecule has 0 radical (unpaired) electrons. The van der Waals surface area contributed by atoms with E-state index in [4.69, 9.17) is 10.6 Å². The van der Waals surface area contributed by atoms with Gasteiger partial charge >= 0.3 is 0 Å². The van der Waals surface area contributed by atoms with Crippen LogP contribution in [0.25, 0.3) is 0 Å². The molecule has 1 aliphatic heterocycles. The number of carbonyl (C=O) groups excluding carboxylic acids is 2. The fourth-order valence-electron chi connectivity index (χ4n) is 3.42. The molecule has 1 saturated carbocycles. The maximum Gasteiger partial charge on any atom is 0.264 e. The van der Waals surface area contributed by atoms with Crippen LogP contribution in [-0.2, 0) is 14.3 Å². The van der Waals surface area contributed by atoms with Gasteiger partial charge in [-0.3, -0.25) is 15.0 Å². The van der Waals surface area contributed by atoms with Crippen LogP contribution in [0.5, 0.6) is 0 Å². The standard InChI is InChI=1S/C15H27N3O4/c16-18-15(21)13(19)12(10-6-8-22-9-7-10)17-14(20)11-4-2-1-3-5-11/h10-13,19H,1-9,16H2,(H,17,20)(H,18,21). The molecule has 2 aliphatic rings. The van der Waals surface area contributed by atoms with Gasteiger partial charge in [-0.2, -0.15) is 0 Å². The minimum absolute atomic E-state index is 0.00997. The number of hydrazine groups is 1. The Morgan fingerprint density at radius 2 is 1.73 bits per heavy atom. The van der Waals surface area contributed by atoms with Gasteiger partial charge in [0.2, 0.25) is 5.91 Å². The smallest absolute Gasteiger partial charge is 0.264 e. The van der Waals surface area contributed by atoms with Gasteiger partial charge in [-0.1, -0.05) is 19.3 Å². The number of carbonyl (C=O) groups is 2. The van der Waals surface area contributed by atoms with Crippen molar-refractivity contribution in [1.29, 1.82) is 0 Å². The van der Waals surface area contributed by atoms with Crippen LogP contribution in [0.1, 0.15) is 44.9 Å². The van der Waals surface area contributed by atoms with Gasteiger partial charge in [0.1, 0.15) is 0 Å². The summed E-state index contributed by atoms with van der Waals surface area (Å²) in [6, 6.07) is -0.609. The Balaban J connectivity index is 2.02. The van der Waals surface area contributed by atoms with Crippen molar-refractivity contribution < 1.29 is 19.4 Å². The molecule has 1 saturated heterocycles.